The van der Waals surface area contributed by atoms with Crippen LogP contribution in [0.2, 0.25) is 5.02 Å². The molecule has 2 aromatic carbocycles. The number of aryl methyl sites for hydroxylation is 2. The predicted molar refractivity (Wildman–Crippen MR) is 105 cm³/mol. The second-order valence-corrected chi connectivity index (χ2v) is 6.51. The molecule has 5 nitrogen and oxygen atoms in total. The van der Waals surface area contributed by atoms with Crippen molar-refractivity contribution in [3.8, 4) is 11.5 Å². The Hall–Kier alpha value is -3.05. The summed E-state index contributed by atoms with van der Waals surface area (Å²) in [4.78, 5) is 17.7. The summed E-state index contributed by atoms with van der Waals surface area (Å²) in [6, 6.07) is 11.8. The van der Waals surface area contributed by atoms with E-state index in [9.17, 15) is 0 Å². The minimum absolute atomic E-state index is 0.513. The molecule has 0 aliphatic heterocycles. The highest BCUT2D eigenvalue weighted by Crippen LogP contribution is 2.29. The summed E-state index contributed by atoms with van der Waals surface area (Å²) in [5, 5.41) is 4.88. The van der Waals surface area contributed by atoms with E-state index < -0.39 is 0 Å². The number of aromatic nitrogens is 4. The van der Waals surface area contributed by atoms with Gasteiger partial charge in [-0.25, -0.2) is 15.0 Å². The number of halogens is 1. The molecule has 0 atom stereocenters. The molecule has 0 spiro atoms. The lowest BCUT2D eigenvalue weighted by molar-refractivity contribution is 1.13. The van der Waals surface area contributed by atoms with Crippen LogP contribution in [0.1, 0.15) is 11.1 Å². The lowest BCUT2D eigenvalue weighted by atomic mass is 10.1. The normalized spacial score (nSPS) is 10.9. The number of fused-ring (bicyclic) bond motifs is 1. The molecule has 1 N–H and O–H groups in total. The summed E-state index contributed by atoms with van der Waals surface area (Å²) in [5.41, 5.74) is 4.81. The fourth-order valence-corrected chi connectivity index (χ4v) is 2.85. The van der Waals surface area contributed by atoms with Crippen molar-refractivity contribution in [2.24, 2.45) is 0 Å². The molecule has 6 heteroatoms. The van der Waals surface area contributed by atoms with Crippen LogP contribution in [0.5, 0.6) is 0 Å². The zero-order chi connectivity index (χ0) is 18.1. The van der Waals surface area contributed by atoms with Gasteiger partial charge in [0, 0.05) is 28.5 Å². The molecule has 0 amide bonds. The van der Waals surface area contributed by atoms with Gasteiger partial charge in [-0.2, -0.15) is 0 Å². The van der Waals surface area contributed by atoms with Crippen molar-refractivity contribution in [1.82, 2.24) is 19.9 Å². The first-order valence-corrected chi connectivity index (χ1v) is 8.56. The van der Waals surface area contributed by atoms with Gasteiger partial charge < -0.3 is 5.32 Å². The van der Waals surface area contributed by atoms with Crippen molar-refractivity contribution in [1.29, 1.82) is 0 Å². The molecule has 0 unspecified atom stereocenters. The monoisotopic (exact) mass is 361 g/mol. The Morgan fingerprint density at radius 1 is 0.923 bits per heavy atom. The van der Waals surface area contributed by atoms with Crippen LogP contribution in [0.4, 0.5) is 11.5 Å². The van der Waals surface area contributed by atoms with Gasteiger partial charge in [-0.1, -0.05) is 17.7 Å². The van der Waals surface area contributed by atoms with Gasteiger partial charge in [0.15, 0.2) is 5.82 Å². The molecular formula is C20H16ClN5. The van der Waals surface area contributed by atoms with Gasteiger partial charge in [-0.15, -0.1) is 0 Å². The minimum atomic E-state index is 0.513. The number of benzene rings is 2. The minimum Gasteiger partial charge on any atom is -0.340 e. The van der Waals surface area contributed by atoms with Gasteiger partial charge in [0.25, 0.3) is 0 Å². The van der Waals surface area contributed by atoms with Crippen molar-refractivity contribution in [3.05, 3.63) is 71.1 Å². The number of nitrogens with zero attached hydrogens (tertiary/aromatic N) is 4. The van der Waals surface area contributed by atoms with Crippen molar-refractivity contribution in [2.45, 2.75) is 13.8 Å². The van der Waals surface area contributed by atoms with Crippen LogP contribution >= 0.6 is 11.6 Å². The average molecular weight is 362 g/mol. The maximum absolute atomic E-state index is 6.19. The van der Waals surface area contributed by atoms with E-state index in [0.29, 0.717) is 22.4 Å². The smallest absolute Gasteiger partial charge is 0.182 e. The molecular weight excluding hydrogens is 346 g/mol. The van der Waals surface area contributed by atoms with Crippen molar-refractivity contribution in [2.75, 3.05) is 5.32 Å². The van der Waals surface area contributed by atoms with Crippen LogP contribution in [0.25, 0.3) is 22.4 Å². The summed E-state index contributed by atoms with van der Waals surface area (Å²) < 4.78 is 0. The highest BCUT2D eigenvalue weighted by molar-refractivity contribution is 6.31. The van der Waals surface area contributed by atoms with Crippen molar-refractivity contribution in [3.63, 3.8) is 0 Å². The van der Waals surface area contributed by atoms with E-state index in [1.807, 2.05) is 24.3 Å². The van der Waals surface area contributed by atoms with Crippen LogP contribution in [0, 0.1) is 13.8 Å². The molecule has 0 aliphatic carbocycles. The van der Waals surface area contributed by atoms with Gasteiger partial charge in [0.2, 0.25) is 0 Å². The lowest BCUT2D eigenvalue weighted by Gasteiger charge is -2.12. The van der Waals surface area contributed by atoms with E-state index in [-0.39, 0.29) is 0 Å². The second-order valence-electron chi connectivity index (χ2n) is 6.07. The molecule has 4 aromatic rings. The zero-order valence-electron chi connectivity index (χ0n) is 14.4. The highest BCUT2D eigenvalue weighted by atomic mass is 35.5. The Balaban J connectivity index is 1.87. The van der Waals surface area contributed by atoms with Crippen LogP contribution in [0.15, 0.2) is 55.0 Å². The van der Waals surface area contributed by atoms with Gasteiger partial charge in [0.1, 0.15) is 11.5 Å². The van der Waals surface area contributed by atoms with E-state index in [2.05, 4.69) is 51.2 Å². The van der Waals surface area contributed by atoms with Gasteiger partial charge in [-0.3, -0.25) is 4.98 Å². The van der Waals surface area contributed by atoms with Crippen LogP contribution in [0.3, 0.4) is 0 Å². The number of rotatable bonds is 3. The first-order valence-electron chi connectivity index (χ1n) is 8.18. The number of anilines is 2. The van der Waals surface area contributed by atoms with Crippen molar-refractivity contribution < 1.29 is 0 Å². The van der Waals surface area contributed by atoms with Crippen LogP contribution < -0.4 is 5.32 Å². The highest BCUT2D eigenvalue weighted by Gasteiger charge is 2.12. The average Bonchev–Trinajstić information content (AvgIpc) is 2.65. The molecule has 2 aromatic heterocycles. The fourth-order valence-electron chi connectivity index (χ4n) is 2.68. The molecule has 0 saturated heterocycles. The summed E-state index contributed by atoms with van der Waals surface area (Å²) in [6.07, 6.45) is 4.90. The lowest BCUT2D eigenvalue weighted by Crippen LogP contribution is -2.01. The van der Waals surface area contributed by atoms with E-state index in [1.165, 1.54) is 11.1 Å². The summed E-state index contributed by atoms with van der Waals surface area (Å²) in [6.45, 7) is 4.17. The summed E-state index contributed by atoms with van der Waals surface area (Å²) in [7, 11) is 0. The summed E-state index contributed by atoms with van der Waals surface area (Å²) >= 11 is 6.19. The number of hydrogen-bond acceptors (Lipinski definition) is 5. The van der Waals surface area contributed by atoms with Gasteiger partial charge in [0.05, 0.1) is 11.7 Å². The first kappa shape index (κ1) is 16.4. The molecule has 0 bridgehead atoms. The van der Waals surface area contributed by atoms with E-state index in [0.717, 1.165) is 16.6 Å². The third-order valence-electron chi connectivity index (χ3n) is 4.22. The topological polar surface area (TPSA) is 63.6 Å². The number of hydrogen-bond donors (Lipinski definition) is 1. The standard InChI is InChI=1S/C20H16ClN5/c1-12-3-5-15(9-13(12)2)24-19-16-10-14(21)4-6-17(16)25-20(26-19)18-11-22-7-8-23-18/h3-11H,1-2H3,(H,24,25,26). The Kier molecular flexibility index (Phi) is 4.22. The quantitative estimate of drug-likeness (QED) is 0.550. The first-order chi connectivity index (χ1) is 12.6. The largest absolute Gasteiger partial charge is 0.340 e. The fraction of sp³-hybridized carbons (Fsp3) is 0.100. The molecule has 0 saturated carbocycles. The van der Waals surface area contributed by atoms with E-state index >= 15 is 0 Å². The molecule has 2 heterocycles. The summed E-state index contributed by atoms with van der Waals surface area (Å²) in [5.74, 6) is 1.20. The Labute approximate surface area is 156 Å². The van der Waals surface area contributed by atoms with Crippen LogP contribution in [-0.4, -0.2) is 19.9 Å². The Morgan fingerprint density at radius 3 is 2.58 bits per heavy atom. The van der Waals surface area contributed by atoms with Gasteiger partial charge in [-0.05, 0) is 55.3 Å². The maximum atomic E-state index is 6.19. The van der Waals surface area contributed by atoms with Crippen LogP contribution in [-0.2, 0) is 0 Å². The molecule has 0 aliphatic rings. The second kappa shape index (κ2) is 6.69. The van der Waals surface area contributed by atoms with E-state index in [4.69, 9.17) is 11.6 Å². The third-order valence-corrected chi connectivity index (χ3v) is 4.45. The molecule has 128 valence electrons. The SMILES string of the molecule is Cc1ccc(Nc2nc(-c3cnccn3)nc3ccc(Cl)cc23)cc1C. The van der Waals surface area contributed by atoms with E-state index in [1.54, 1.807) is 18.6 Å². The maximum Gasteiger partial charge on any atom is 0.182 e. The zero-order valence-corrected chi connectivity index (χ0v) is 15.1. The molecule has 26 heavy (non-hydrogen) atoms. The molecule has 0 radical (unpaired) electrons. The number of nitrogens with one attached hydrogen (secondary N) is 1. The Bertz CT molecular complexity index is 1100. The molecule has 0 fully saturated rings. The van der Waals surface area contributed by atoms with Gasteiger partial charge >= 0.3 is 0 Å². The van der Waals surface area contributed by atoms with Crippen molar-refractivity contribution >= 4 is 34.0 Å². The predicted octanol–water partition coefficient (Wildman–Crippen LogP) is 5.10. The molecule has 4 rings (SSSR count). The third kappa shape index (κ3) is 3.21. The Morgan fingerprint density at radius 2 is 1.81 bits per heavy atom.